The Balaban J connectivity index is 1.37. The largest absolute Gasteiger partial charge is 0.350 e. The number of nitrogens with one attached hydrogen (secondary N) is 1. The lowest BCUT2D eigenvalue weighted by Crippen LogP contribution is -2.45. The monoisotopic (exact) mass is 367 g/mol. The van der Waals surface area contributed by atoms with Crippen LogP contribution in [0.3, 0.4) is 0 Å². The molecule has 0 spiro atoms. The number of rotatable bonds is 5. The quantitative estimate of drug-likeness (QED) is 0.874. The van der Waals surface area contributed by atoms with Gasteiger partial charge in [0, 0.05) is 31.4 Å². The van der Waals surface area contributed by atoms with Crippen molar-refractivity contribution in [3.8, 4) is 0 Å². The number of hydrogen-bond acceptors (Lipinski definition) is 4. The van der Waals surface area contributed by atoms with Crippen LogP contribution in [0, 0.1) is 5.92 Å². The summed E-state index contributed by atoms with van der Waals surface area (Å²) >= 11 is 0. The molecule has 1 atom stereocenters. The smallest absolute Gasteiger partial charge is 0.226 e. The Morgan fingerprint density at radius 3 is 2.78 bits per heavy atom. The van der Waals surface area contributed by atoms with E-state index in [2.05, 4.69) is 19.9 Å². The fourth-order valence-corrected chi connectivity index (χ4v) is 3.74. The lowest BCUT2D eigenvalue weighted by molar-refractivity contribution is -0.141. The molecule has 2 aromatic rings. The van der Waals surface area contributed by atoms with E-state index >= 15 is 0 Å². The summed E-state index contributed by atoms with van der Waals surface area (Å²) in [5, 5.41) is 2.88. The molecule has 27 heavy (non-hydrogen) atoms. The minimum Gasteiger partial charge on any atom is -0.350 e. The number of pyridine rings is 1. The van der Waals surface area contributed by atoms with Gasteiger partial charge in [0.15, 0.2) is 0 Å². The molecule has 2 aliphatic rings. The summed E-state index contributed by atoms with van der Waals surface area (Å²) in [5.41, 5.74) is 1.57. The van der Waals surface area contributed by atoms with Crippen LogP contribution in [0.15, 0.2) is 30.6 Å². The van der Waals surface area contributed by atoms with Crippen molar-refractivity contribution >= 4 is 11.8 Å². The van der Waals surface area contributed by atoms with Crippen molar-refractivity contribution in [3.63, 3.8) is 0 Å². The average Bonchev–Trinajstić information content (AvgIpc) is 3.03. The first kappa shape index (κ1) is 17.7. The molecule has 1 saturated carbocycles. The van der Waals surface area contributed by atoms with Gasteiger partial charge in [0.25, 0.3) is 0 Å². The zero-order valence-corrected chi connectivity index (χ0v) is 15.6. The first-order valence-electron chi connectivity index (χ1n) is 9.65. The maximum absolute atomic E-state index is 12.6. The summed E-state index contributed by atoms with van der Waals surface area (Å²) in [7, 11) is 0. The maximum atomic E-state index is 12.6. The standard InChI is InChI=1S/C20H25N5O2/c1-14-19-23-17(11-18(26)22-12-16-7-2-3-8-21-16)13-24(19)9-10-25(14)20(27)15-5-4-6-15/h2-3,7-8,13-15H,4-6,9-12H2,1H3,(H,22,26)/t14-/m0/s1. The second-order valence-electron chi connectivity index (χ2n) is 7.39. The van der Waals surface area contributed by atoms with E-state index in [9.17, 15) is 9.59 Å². The van der Waals surface area contributed by atoms with Gasteiger partial charge in [-0.1, -0.05) is 12.5 Å². The summed E-state index contributed by atoms with van der Waals surface area (Å²) in [5.74, 6) is 1.26. The van der Waals surface area contributed by atoms with Gasteiger partial charge >= 0.3 is 0 Å². The molecular weight excluding hydrogens is 342 g/mol. The lowest BCUT2D eigenvalue weighted by Gasteiger charge is -2.38. The molecule has 2 aromatic heterocycles. The van der Waals surface area contributed by atoms with Gasteiger partial charge in [0.05, 0.1) is 30.4 Å². The Hall–Kier alpha value is -2.70. The second-order valence-corrected chi connectivity index (χ2v) is 7.39. The Labute approximate surface area is 158 Å². The highest BCUT2D eigenvalue weighted by Crippen LogP contribution is 2.33. The predicted molar refractivity (Wildman–Crippen MR) is 99.5 cm³/mol. The molecule has 2 amide bonds. The van der Waals surface area contributed by atoms with Crippen molar-refractivity contribution in [1.82, 2.24) is 24.8 Å². The normalized spacial score (nSPS) is 19.3. The van der Waals surface area contributed by atoms with E-state index in [0.29, 0.717) is 13.1 Å². The third-order valence-corrected chi connectivity index (χ3v) is 5.55. The predicted octanol–water partition coefficient (Wildman–Crippen LogP) is 1.84. The summed E-state index contributed by atoms with van der Waals surface area (Å²) in [4.78, 5) is 35.7. The minimum atomic E-state index is -0.0776. The molecule has 0 aromatic carbocycles. The molecule has 0 saturated heterocycles. The fraction of sp³-hybridized carbons (Fsp3) is 0.500. The van der Waals surface area contributed by atoms with Crippen LogP contribution in [0.2, 0.25) is 0 Å². The van der Waals surface area contributed by atoms with Crippen LogP contribution in [-0.4, -0.2) is 37.8 Å². The van der Waals surface area contributed by atoms with E-state index in [1.165, 1.54) is 0 Å². The Bertz CT molecular complexity index is 828. The molecule has 1 fully saturated rings. The van der Waals surface area contributed by atoms with Crippen molar-refractivity contribution in [2.24, 2.45) is 5.92 Å². The van der Waals surface area contributed by atoms with E-state index < -0.39 is 0 Å². The van der Waals surface area contributed by atoms with E-state index in [0.717, 1.165) is 43.0 Å². The zero-order valence-electron chi connectivity index (χ0n) is 15.6. The molecule has 4 rings (SSSR count). The Morgan fingerprint density at radius 2 is 2.07 bits per heavy atom. The van der Waals surface area contributed by atoms with Crippen molar-refractivity contribution in [2.45, 2.75) is 51.7 Å². The van der Waals surface area contributed by atoms with E-state index in [1.54, 1.807) is 6.20 Å². The van der Waals surface area contributed by atoms with Gasteiger partial charge < -0.3 is 14.8 Å². The van der Waals surface area contributed by atoms with Crippen LogP contribution in [0.4, 0.5) is 0 Å². The van der Waals surface area contributed by atoms with Crippen molar-refractivity contribution < 1.29 is 9.59 Å². The van der Waals surface area contributed by atoms with Crippen LogP contribution < -0.4 is 5.32 Å². The van der Waals surface area contributed by atoms with E-state index in [1.807, 2.05) is 36.2 Å². The number of fused-ring (bicyclic) bond motifs is 1. The number of hydrogen-bond donors (Lipinski definition) is 1. The molecule has 0 unspecified atom stereocenters. The number of nitrogens with zero attached hydrogens (tertiary/aromatic N) is 4. The third-order valence-electron chi connectivity index (χ3n) is 5.55. The Morgan fingerprint density at radius 1 is 1.22 bits per heavy atom. The average molecular weight is 367 g/mol. The van der Waals surface area contributed by atoms with Gasteiger partial charge in [-0.15, -0.1) is 0 Å². The summed E-state index contributed by atoms with van der Waals surface area (Å²) in [6.07, 6.45) is 7.07. The molecule has 1 aliphatic carbocycles. The summed E-state index contributed by atoms with van der Waals surface area (Å²) < 4.78 is 2.08. The van der Waals surface area contributed by atoms with Gasteiger partial charge in [0.1, 0.15) is 5.82 Å². The molecule has 7 heteroatoms. The number of aromatic nitrogens is 3. The zero-order chi connectivity index (χ0) is 18.8. The third kappa shape index (κ3) is 3.72. The first-order valence-corrected chi connectivity index (χ1v) is 9.65. The van der Waals surface area contributed by atoms with Crippen LogP contribution in [0.1, 0.15) is 49.4 Å². The van der Waals surface area contributed by atoms with Gasteiger partial charge in [-0.25, -0.2) is 4.98 Å². The lowest BCUT2D eigenvalue weighted by atomic mass is 9.84. The van der Waals surface area contributed by atoms with Crippen molar-refractivity contribution in [2.75, 3.05) is 6.54 Å². The maximum Gasteiger partial charge on any atom is 0.226 e. The molecule has 1 N–H and O–H groups in total. The highest BCUT2D eigenvalue weighted by molar-refractivity contribution is 5.80. The van der Waals surface area contributed by atoms with E-state index in [4.69, 9.17) is 0 Å². The minimum absolute atomic E-state index is 0.0443. The fourth-order valence-electron chi connectivity index (χ4n) is 3.74. The second kappa shape index (κ2) is 7.50. The highest BCUT2D eigenvalue weighted by Gasteiger charge is 2.35. The number of carbonyl (C=O) groups excluding carboxylic acids is 2. The Kier molecular flexibility index (Phi) is 4.92. The number of carbonyl (C=O) groups is 2. The topological polar surface area (TPSA) is 80.1 Å². The van der Waals surface area contributed by atoms with Gasteiger partial charge in [-0.05, 0) is 31.9 Å². The number of amides is 2. The molecule has 7 nitrogen and oxygen atoms in total. The summed E-state index contributed by atoms with van der Waals surface area (Å²) in [6.45, 7) is 3.89. The molecule has 0 radical (unpaired) electrons. The molecular formula is C20H25N5O2. The van der Waals surface area contributed by atoms with Crippen LogP contribution >= 0.6 is 0 Å². The highest BCUT2D eigenvalue weighted by atomic mass is 16.2. The van der Waals surface area contributed by atoms with Crippen molar-refractivity contribution in [1.29, 1.82) is 0 Å². The molecule has 142 valence electrons. The van der Waals surface area contributed by atoms with Gasteiger partial charge in [0.2, 0.25) is 11.8 Å². The van der Waals surface area contributed by atoms with Crippen LogP contribution in [0.25, 0.3) is 0 Å². The summed E-state index contributed by atoms with van der Waals surface area (Å²) in [6, 6.07) is 5.58. The van der Waals surface area contributed by atoms with Crippen LogP contribution in [-0.2, 0) is 29.1 Å². The molecule has 3 heterocycles. The number of imidazole rings is 1. The van der Waals surface area contributed by atoms with Gasteiger partial charge in [-0.3, -0.25) is 14.6 Å². The van der Waals surface area contributed by atoms with Gasteiger partial charge in [-0.2, -0.15) is 0 Å². The van der Waals surface area contributed by atoms with Crippen molar-refractivity contribution in [3.05, 3.63) is 47.8 Å². The first-order chi connectivity index (χ1) is 13.1. The molecule has 0 bridgehead atoms. The SMILES string of the molecule is C[C@H]1c2nc(CC(=O)NCc3ccccn3)cn2CCN1C(=O)C1CCC1. The van der Waals surface area contributed by atoms with E-state index in [-0.39, 0.29) is 30.2 Å². The van der Waals surface area contributed by atoms with Crippen LogP contribution in [0.5, 0.6) is 0 Å². The molecule has 1 aliphatic heterocycles.